The SMILES string of the molecule is FCCCNCc1ccc(F)c(Cl)c1. The Hall–Kier alpha value is -0.670. The van der Waals surface area contributed by atoms with E-state index in [0.29, 0.717) is 19.5 Å². The molecule has 0 fully saturated rings. The van der Waals surface area contributed by atoms with Gasteiger partial charge in [0.15, 0.2) is 0 Å². The molecule has 0 saturated carbocycles. The van der Waals surface area contributed by atoms with Crippen LogP contribution in [-0.2, 0) is 6.54 Å². The van der Waals surface area contributed by atoms with E-state index < -0.39 is 5.82 Å². The van der Waals surface area contributed by atoms with Crippen LogP contribution in [0.15, 0.2) is 18.2 Å². The van der Waals surface area contributed by atoms with Crippen LogP contribution in [0.1, 0.15) is 12.0 Å². The highest BCUT2D eigenvalue weighted by Gasteiger charge is 1.99. The van der Waals surface area contributed by atoms with Crippen molar-refractivity contribution in [2.45, 2.75) is 13.0 Å². The molecule has 0 unspecified atom stereocenters. The molecule has 0 amide bonds. The Labute approximate surface area is 87.1 Å². The molecule has 0 saturated heterocycles. The first kappa shape index (κ1) is 11.4. The van der Waals surface area contributed by atoms with Gasteiger partial charge in [-0.05, 0) is 30.7 Å². The summed E-state index contributed by atoms with van der Waals surface area (Å²) in [7, 11) is 0. The molecule has 0 spiro atoms. The Morgan fingerprint density at radius 1 is 1.36 bits per heavy atom. The number of halogens is 3. The number of alkyl halides is 1. The standard InChI is InChI=1S/C10H12ClF2N/c11-9-6-8(2-3-10(9)13)7-14-5-1-4-12/h2-3,6,14H,1,4-5,7H2. The summed E-state index contributed by atoms with van der Waals surface area (Å²) in [5.74, 6) is -0.417. The first-order valence-electron chi connectivity index (χ1n) is 4.44. The number of hydrogen-bond donors (Lipinski definition) is 1. The van der Waals surface area contributed by atoms with Crippen molar-refractivity contribution in [1.82, 2.24) is 5.32 Å². The molecule has 4 heteroatoms. The Morgan fingerprint density at radius 2 is 2.14 bits per heavy atom. The highest BCUT2D eigenvalue weighted by atomic mass is 35.5. The zero-order valence-electron chi connectivity index (χ0n) is 7.69. The van der Waals surface area contributed by atoms with Crippen LogP contribution in [0.5, 0.6) is 0 Å². The first-order valence-corrected chi connectivity index (χ1v) is 4.82. The number of rotatable bonds is 5. The summed E-state index contributed by atoms with van der Waals surface area (Å²) < 4.78 is 24.5. The van der Waals surface area contributed by atoms with Gasteiger partial charge in [0.2, 0.25) is 0 Å². The van der Waals surface area contributed by atoms with Crippen molar-refractivity contribution in [3.8, 4) is 0 Å². The summed E-state index contributed by atoms with van der Waals surface area (Å²) >= 11 is 5.59. The normalized spacial score (nSPS) is 10.5. The molecular weight excluding hydrogens is 208 g/mol. The van der Waals surface area contributed by atoms with Crippen molar-refractivity contribution in [2.75, 3.05) is 13.2 Å². The summed E-state index contributed by atoms with van der Waals surface area (Å²) in [6.45, 7) is 0.878. The van der Waals surface area contributed by atoms with Crippen LogP contribution >= 0.6 is 11.6 Å². The predicted molar refractivity (Wildman–Crippen MR) is 53.7 cm³/mol. The molecule has 0 aliphatic carbocycles. The van der Waals surface area contributed by atoms with Crippen molar-refractivity contribution < 1.29 is 8.78 Å². The summed E-state index contributed by atoms with van der Waals surface area (Å²) in [4.78, 5) is 0. The van der Waals surface area contributed by atoms with Gasteiger partial charge in [-0.1, -0.05) is 17.7 Å². The van der Waals surface area contributed by atoms with Gasteiger partial charge in [0.1, 0.15) is 5.82 Å². The lowest BCUT2D eigenvalue weighted by Gasteiger charge is -2.04. The van der Waals surface area contributed by atoms with E-state index >= 15 is 0 Å². The molecule has 14 heavy (non-hydrogen) atoms. The van der Waals surface area contributed by atoms with E-state index in [1.54, 1.807) is 12.1 Å². The fourth-order valence-corrected chi connectivity index (χ4v) is 1.28. The molecule has 1 aromatic carbocycles. The topological polar surface area (TPSA) is 12.0 Å². The lowest BCUT2D eigenvalue weighted by atomic mass is 10.2. The Balaban J connectivity index is 2.39. The highest BCUT2D eigenvalue weighted by Crippen LogP contribution is 2.15. The van der Waals surface area contributed by atoms with E-state index in [1.807, 2.05) is 0 Å². The van der Waals surface area contributed by atoms with Crippen LogP contribution in [0, 0.1) is 5.82 Å². The van der Waals surface area contributed by atoms with Crippen LogP contribution in [0.2, 0.25) is 5.02 Å². The molecule has 0 aliphatic rings. The molecule has 0 aliphatic heterocycles. The number of benzene rings is 1. The first-order chi connectivity index (χ1) is 6.74. The average molecular weight is 220 g/mol. The van der Waals surface area contributed by atoms with Gasteiger partial charge in [-0.25, -0.2) is 4.39 Å². The Kier molecular flexibility index (Phi) is 4.84. The second-order valence-electron chi connectivity index (χ2n) is 2.97. The molecule has 78 valence electrons. The van der Waals surface area contributed by atoms with Gasteiger partial charge in [0.25, 0.3) is 0 Å². The minimum atomic E-state index is -0.417. The molecule has 0 aromatic heterocycles. The van der Waals surface area contributed by atoms with E-state index in [1.165, 1.54) is 6.07 Å². The fraction of sp³-hybridized carbons (Fsp3) is 0.400. The smallest absolute Gasteiger partial charge is 0.141 e. The third-order valence-corrected chi connectivity index (χ3v) is 2.09. The molecule has 1 rings (SSSR count). The van der Waals surface area contributed by atoms with Crippen molar-refractivity contribution in [3.05, 3.63) is 34.6 Å². The maximum Gasteiger partial charge on any atom is 0.141 e. The molecule has 0 radical (unpaired) electrons. The molecule has 0 bridgehead atoms. The van der Waals surface area contributed by atoms with E-state index in [9.17, 15) is 8.78 Å². The van der Waals surface area contributed by atoms with Gasteiger partial charge in [-0.3, -0.25) is 4.39 Å². The monoisotopic (exact) mass is 219 g/mol. The van der Waals surface area contributed by atoms with Crippen LogP contribution in [-0.4, -0.2) is 13.2 Å². The summed E-state index contributed by atoms with van der Waals surface area (Å²) in [5, 5.41) is 3.15. The van der Waals surface area contributed by atoms with Crippen molar-refractivity contribution in [2.24, 2.45) is 0 Å². The Morgan fingerprint density at radius 3 is 2.79 bits per heavy atom. The molecule has 0 atom stereocenters. The second-order valence-corrected chi connectivity index (χ2v) is 3.37. The maximum atomic E-state index is 12.7. The average Bonchev–Trinajstić information content (AvgIpc) is 2.18. The van der Waals surface area contributed by atoms with E-state index in [-0.39, 0.29) is 11.7 Å². The second kappa shape index (κ2) is 5.94. The zero-order valence-corrected chi connectivity index (χ0v) is 8.45. The van der Waals surface area contributed by atoms with E-state index in [4.69, 9.17) is 11.6 Å². The quantitative estimate of drug-likeness (QED) is 0.751. The van der Waals surface area contributed by atoms with Crippen molar-refractivity contribution in [3.63, 3.8) is 0 Å². The minimum absolute atomic E-state index is 0.120. The summed E-state index contributed by atoms with van der Waals surface area (Å²) in [6.07, 6.45) is 0.495. The Bertz CT molecular complexity index is 291. The predicted octanol–water partition coefficient (Wildman–Crippen LogP) is 2.93. The summed E-state index contributed by atoms with van der Waals surface area (Å²) in [5.41, 5.74) is 0.898. The molecular formula is C10H12ClF2N. The van der Waals surface area contributed by atoms with Crippen LogP contribution < -0.4 is 5.32 Å². The zero-order chi connectivity index (χ0) is 10.4. The third kappa shape index (κ3) is 3.60. The van der Waals surface area contributed by atoms with Gasteiger partial charge < -0.3 is 5.32 Å². The van der Waals surface area contributed by atoms with E-state index in [0.717, 1.165) is 5.56 Å². The summed E-state index contributed by atoms with van der Waals surface area (Å²) in [6, 6.07) is 4.55. The van der Waals surface area contributed by atoms with Crippen LogP contribution in [0.25, 0.3) is 0 Å². The fourth-order valence-electron chi connectivity index (χ4n) is 1.07. The van der Waals surface area contributed by atoms with Crippen LogP contribution in [0.3, 0.4) is 0 Å². The van der Waals surface area contributed by atoms with Crippen molar-refractivity contribution in [1.29, 1.82) is 0 Å². The lowest BCUT2D eigenvalue weighted by molar-refractivity contribution is 0.459. The van der Waals surface area contributed by atoms with E-state index in [2.05, 4.69) is 5.32 Å². The molecule has 1 N–H and O–H groups in total. The van der Waals surface area contributed by atoms with Gasteiger partial charge in [-0.2, -0.15) is 0 Å². The van der Waals surface area contributed by atoms with Gasteiger partial charge >= 0.3 is 0 Å². The van der Waals surface area contributed by atoms with Gasteiger partial charge in [0.05, 0.1) is 11.7 Å². The highest BCUT2D eigenvalue weighted by molar-refractivity contribution is 6.30. The third-order valence-electron chi connectivity index (χ3n) is 1.80. The van der Waals surface area contributed by atoms with Gasteiger partial charge in [-0.15, -0.1) is 0 Å². The lowest BCUT2D eigenvalue weighted by Crippen LogP contribution is -2.15. The van der Waals surface area contributed by atoms with Crippen LogP contribution in [0.4, 0.5) is 8.78 Å². The molecule has 1 nitrogen and oxygen atoms in total. The van der Waals surface area contributed by atoms with Gasteiger partial charge in [0, 0.05) is 6.54 Å². The molecule has 1 aromatic rings. The minimum Gasteiger partial charge on any atom is -0.313 e. The number of nitrogens with one attached hydrogen (secondary N) is 1. The number of hydrogen-bond acceptors (Lipinski definition) is 1. The molecule has 0 heterocycles. The maximum absolute atomic E-state index is 12.7. The van der Waals surface area contributed by atoms with Crippen molar-refractivity contribution >= 4 is 11.6 Å². The largest absolute Gasteiger partial charge is 0.313 e.